The molecule has 4 atom stereocenters. The van der Waals surface area contributed by atoms with E-state index >= 15 is 0 Å². The zero-order valence-corrected chi connectivity index (χ0v) is 15.6. The molecule has 134 valence electrons. The van der Waals surface area contributed by atoms with Gasteiger partial charge in [-0.25, -0.2) is 0 Å². The summed E-state index contributed by atoms with van der Waals surface area (Å²) < 4.78 is 0. The van der Waals surface area contributed by atoms with Gasteiger partial charge >= 0.3 is 0 Å². The quantitative estimate of drug-likeness (QED) is 0.576. The number of aliphatic hydroxyl groups is 1. The van der Waals surface area contributed by atoms with Crippen molar-refractivity contribution in [3.8, 4) is 0 Å². The summed E-state index contributed by atoms with van der Waals surface area (Å²) >= 11 is 0. The maximum atomic E-state index is 12.8. The fourth-order valence-electron chi connectivity index (χ4n) is 4.90. The van der Waals surface area contributed by atoms with Crippen LogP contribution in [0.4, 0.5) is 0 Å². The van der Waals surface area contributed by atoms with Gasteiger partial charge < -0.3 is 5.11 Å². The lowest BCUT2D eigenvalue weighted by molar-refractivity contribution is -0.113. The van der Waals surface area contributed by atoms with E-state index in [0.29, 0.717) is 5.92 Å². The predicted octanol–water partition coefficient (Wildman–Crippen LogP) is 5.08. The molecule has 0 spiro atoms. The van der Waals surface area contributed by atoms with Crippen molar-refractivity contribution in [2.24, 2.45) is 17.3 Å². The van der Waals surface area contributed by atoms with Gasteiger partial charge in [0.05, 0.1) is 6.10 Å². The molecule has 3 aliphatic rings. The molecule has 0 bridgehead atoms. The Bertz CT molecular complexity index is 691. The van der Waals surface area contributed by atoms with Crippen molar-refractivity contribution in [2.45, 2.75) is 58.5 Å². The molecule has 0 radical (unpaired) electrons. The summed E-state index contributed by atoms with van der Waals surface area (Å²) in [6.07, 6.45) is 13.2. The topological polar surface area (TPSA) is 37.3 Å². The normalized spacial score (nSPS) is 37.2. The first-order valence-corrected chi connectivity index (χ1v) is 9.53. The minimum Gasteiger partial charge on any atom is -0.392 e. The van der Waals surface area contributed by atoms with Crippen LogP contribution in [-0.4, -0.2) is 17.0 Å². The summed E-state index contributed by atoms with van der Waals surface area (Å²) in [7, 11) is 0. The van der Waals surface area contributed by atoms with Gasteiger partial charge in [0.2, 0.25) is 0 Å². The zero-order chi connectivity index (χ0) is 18.2. The summed E-state index contributed by atoms with van der Waals surface area (Å²) in [4.78, 5) is 12.8. The Morgan fingerprint density at radius 1 is 1.36 bits per heavy atom. The van der Waals surface area contributed by atoms with Crippen molar-refractivity contribution in [2.75, 3.05) is 0 Å². The summed E-state index contributed by atoms with van der Waals surface area (Å²) in [6.45, 7) is 12.3. The van der Waals surface area contributed by atoms with Crippen molar-refractivity contribution in [3.63, 3.8) is 0 Å². The monoisotopic (exact) mass is 338 g/mol. The number of ketones is 1. The maximum absolute atomic E-state index is 12.8. The molecule has 3 rings (SSSR count). The van der Waals surface area contributed by atoms with Gasteiger partial charge in [0.1, 0.15) is 0 Å². The highest BCUT2D eigenvalue weighted by Crippen LogP contribution is 2.52. The summed E-state index contributed by atoms with van der Waals surface area (Å²) in [5, 5.41) is 10.8. The Balaban J connectivity index is 1.95. The third-order valence-corrected chi connectivity index (χ3v) is 6.63. The first-order valence-electron chi connectivity index (χ1n) is 9.53. The average molecular weight is 338 g/mol. The Labute approximate surface area is 151 Å². The molecule has 2 nitrogen and oxygen atoms in total. The molecule has 0 aliphatic heterocycles. The van der Waals surface area contributed by atoms with Crippen LogP contribution in [0.2, 0.25) is 0 Å². The van der Waals surface area contributed by atoms with Crippen LogP contribution in [0.5, 0.6) is 0 Å². The van der Waals surface area contributed by atoms with Crippen molar-refractivity contribution in [1.82, 2.24) is 0 Å². The van der Waals surface area contributed by atoms with E-state index in [2.05, 4.69) is 39.2 Å². The van der Waals surface area contributed by atoms with E-state index in [1.807, 2.05) is 6.08 Å². The number of hydrogen-bond donors (Lipinski definition) is 1. The molecule has 0 heterocycles. The fraction of sp³-hybridized carbons (Fsp3) is 0.522. The zero-order valence-electron chi connectivity index (χ0n) is 15.6. The Morgan fingerprint density at radius 2 is 2.12 bits per heavy atom. The van der Waals surface area contributed by atoms with Crippen LogP contribution >= 0.6 is 0 Å². The van der Waals surface area contributed by atoms with E-state index in [1.54, 1.807) is 6.08 Å². The molecule has 25 heavy (non-hydrogen) atoms. The van der Waals surface area contributed by atoms with Crippen LogP contribution in [0.15, 0.2) is 59.8 Å². The minimum absolute atomic E-state index is 0.0347. The first-order chi connectivity index (χ1) is 11.9. The van der Waals surface area contributed by atoms with Crippen molar-refractivity contribution in [3.05, 3.63) is 59.8 Å². The second-order valence-corrected chi connectivity index (χ2v) is 8.00. The highest BCUT2D eigenvalue weighted by molar-refractivity contribution is 6.06. The Kier molecular flexibility index (Phi) is 5.02. The van der Waals surface area contributed by atoms with Crippen LogP contribution < -0.4 is 0 Å². The van der Waals surface area contributed by atoms with E-state index in [1.165, 1.54) is 11.1 Å². The third kappa shape index (κ3) is 3.01. The molecule has 0 unspecified atom stereocenters. The molecule has 1 saturated carbocycles. The minimum atomic E-state index is -0.479. The number of fused-ring (bicyclic) bond motifs is 1. The summed E-state index contributed by atoms with van der Waals surface area (Å²) in [6, 6.07) is 0. The first kappa shape index (κ1) is 18.1. The molecule has 0 aromatic heterocycles. The smallest absolute Gasteiger partial charge is 0.182 e. The van der Waals surface area contributed by atoms with Crippen molar-refractivity contribution < 1.29 is 9.90 Å². The molecule has 0 saturated heterocycles. The standard InChI is InChI=1S/C23H30O2/c1-5-23-16(4)20(13-17-9-11-18(12-10-17)15(2)3)21(24)14-19(23)7-6-8-22(23)25/h5,9,13-14,16,18,22,25H,1-2,6-8,10-12H2,3-4H3/b20-13+/t16-,18+,22-,23-/m0/s1. The van der Waals surface area contributed by atoms with Gasteiger partial charge in [-0.15, -0.1) is 6.58 Å². The highest BCUT2D eigenvalue weighted by Gasteiger charge is 2.49. The second-order valence-electron chi connectivity index (χ2n) is 8.00. The lowest BCUT2D eigenvalue weighted by atomic mass is 9.56. The number of aliphatic hydroxyl groups excluding tert-OH is 1. The van der Waals surface area contributed by atoms with Gasteiger partial charge in [0.25, 0.3) is 0 Å². The number of carbonyl (C=O) groups is 1. The SMILES string of the molecule is C=C[C@@]12C(=CC(=O)/C(=C/C3=CC[C@@H](C(=C)C)CC3)[C@@H]1C)CCC[C@@H]2O. The van der Waals surface area contributed by atoms with E-state index in [9.17, 15) is 9.90 Å². The van der Waals surface area contributed by atoms with Gasteiger partial charge in [-0.3, -0.25) is 4.79 Å². The lowest BCUT2D eigenvalue weighted by Crippen LogP contribution is -2.47. The largest absolute Gasteiger partial charge is 0.392 e. The number of carbonyl (C=O) groups excluding carboxylic acids is 1. The number of hydrogen-bond acceptors (Lipinski definition) is 2. The molecule has 0 aromatic rings. The Morgan fingerprint density at radius 3 is 2.72 bits per heavy atom. The maximum Gasteiger partial charge on any atom is 0.182 e. The number of allylic oxidation sites excluding steroid dienone is 6. The fourth-order valence-corrected chi connectivity index (χ4v) is 4.90. The van der Waals surface area contributed by atoms with Crippen LogP contribution in [0.1, 0.15) is 52.4 Å². The van der Waals surface area contributed by atoms with Gasteiger partial charge in [0, 0.05) is 16.9 Å². The molecule has 2 heteroatoms. The average Bonchev–Trinajstić information content (AvgIpc) is 2.59. The predicted molar refractivity (Wildman–Crippen MR) is 103 cm³/mol. The van der Waals surface area contributed by atoms with Crippen molar-refractivity contribution >= 4 is 5.78 Å². The highest BCUT2D eigenvalue weighted by atomic mass is 16.3. The lowest BCUT2D eigenvalue weighted by Gasteiger charge is -2.48. The van der Waals surface area contributed by atoms with E-state index in [-0.39, 0.29) is 11.7 Å². The van der Waals surface area contributed by atoms with Crippen molar-refractivity contribution in [1.29, 1.82) is 0 Å². The third-order valence-electron chi connectivity index (χ3n) is 6.63. The van der Waals surface area contributed by atoms with Crippen LogP contribution in [-0.2, 0) is 4.79 Å². The summed E-state index contributed by atoms with van der Waals surface area (Å²) in [5.41, 5.74) is 3.90. The van der Waals surface area contributed by atoms with E-state index < -0.39 is 11.5 Å². The van der Waals surface area contributed by atoms with Crippen LogP contribution in [0, 0.1) is 17.3 Å². The molecule has 0 aromatic carbocycles. The molecular weight excluding hydrogens is 308 g/mol. The van der Waals surface area contributed by atoms with Gasteiger partial charge in [-0.05, 0) is 57.4 Å². The number of rotatable bonds is 3. The van der Waals surface area contributed by atoms with E-state index in [4.69, 9.17) is 0 Å². The second kappa shape index (κ2) is 6.92. The summed E-state index contributed by atoms with van der Waals surface area (Å²) in [5.74, 6) is 0.636. The molecule has 0 amide bonds. The molecule has 3 aliphatic carbocycles. The van der Waals surface area contributed by atoms with Crippen LogP contribution in [0.3, 0.4) is 0 Å². The molecule has 1 N–H and O–H groups in total. The Hall–Kier alpha value is -1.67. The van der Waals surface area contributed by atoms with Crippen LogP contribution in [0.25, 0.3) is 0 Å². The van der Waals surface area contributed by atoms with Gasteiger partial charge in [-0.1, -0.05) is 48.5 Å². The van der Waals surface area contributed by atoms with Gasteiger partial charge in [0.15, 0.2) is 5.78 Å². The molecule has 1 fully saturated rings. The molecular formula is C23H30O2. The van der Waals surface area contributed by atoms with E-state index in [0.717, 1.165) is 49.7 Å². The van der Waals surface area contributed by atoms with Gasteiger partial charge in [-0.2, -0.15) is 0 Å².